The van der Waals surface area contributed by atoms with Crippen molar-refractivity contribution in [2.24, 2.45) is 0 Å². The van der Waals surface area contributed by atoms with Crippen molar-refractivity contribution in [1.29, 1.82) is 0 Å². The molecule has 2 fully saturated rings. The van der Waals surface area contributed by atoms with Crippen molar-refractivity contribution in [3.63, 3.8) is 0 Å². The Kier molecular flexibility index (Phi) is 3.17. The summed E-state index contributed by atoms with van der Waals surface area (Å²) in [6.07, 6.45) is 3.30. The Labute approximate surface area is 85.0 Å². The fourth-order valence-electron chi connectivity index (χ4n) is 1.86. The van der Waals surface area contributed by atoms with Crippen molar-refractivity contribution >= 4 is 11.8 Å². The summed E-state index contributed by atoms with van der Waals surface area (Å²) in [6, 6.07) is 0.797. The number of ether oxygens (including phenoxy) is 1. The molecule has 0 N–H and O–H groups in total. The first-order valence-corrected chi connectivity index (χ1v) is 6.24. The Morgan fingerprint density at radius 1 is 1.46 bits per heavy atom. The van der Waals surface area contributed by atoms with Crippen LogP contribution < -0.4 is 0 Å². The smallest absolute Gasteiger partial charge is 0.0936 e. The molecular formula is C10H19NOS. The van der Waals surface area contributed by atoms with Crippen LogP contribution >= 0.6 is 11.8 Å². The Morgan fingerprint density at radius 2 is 2.23 bits per heavy atom. The van der Waals surface area contributed by atoms with Crippen LogP contribution in [0.25, 0.3) is 0 Å². The molecule has 0 amide bonds. The van der Waals surface area contributed by atoms with Crippen LogP contribution in [0, 0.1) is 0 Å². The highest BCUT2D eigenvalue weighted by atomic mass is 32.2. The summed E-state index contributed by atoms with van der Waals surface area (Å²) in [5, 5.41) is 0.877. The molecule has 13 heavy (non-hydrogen) atoms. The number of likely N-dealkylation sites (N-methyl/N-ethyl adjacent to an activating group) is 1. The summed E-state index contributed by atoms with van der Waals surface area (Å²) < 4.78 is 5.24. The minimum atomic E-state index is 0.550. The SMILES string of the molecule is CC1CCC(N(C)C[C@@H]2CO2)CS1. The molecule has 2 aliphatic rings. The zero-order valence-electron chi connectivity index (χ0n) is 8.53. The molecule has 3 atom stereocenters. The lowest BCUT2D eigenvalue weighted by Gasteiger charge is -2.32. The van der Waals surface area contributed by atoms with E-state index in [1.165, 1.54) is 18.6 Å². The predicted molar refractivity (Wildman–Crippen MR) is 57.3 cm³/mol. The van der Waals surface area contributed by atoms with Gasteiger partial charge in [0.1, 0.15) is 0 Å². The molecule has 0 aromatic rings. The van der Waals surface area contributed by atoms with Gasteiger partial charge in [0.05, 0.1) is 12.7 Å². The highest BCUT2D eigenvalue weighted by Crippen LogP contribution is 2.27. The lowest BCUT2D eigenvalue weighted by molar-refractivity contribution is 0.218. The third-order valence-corrected chi connectivity index (χ3v) is 4.38. The molecule has 2 heterocycles. The van der Waals surface area contributed by atoms with E-state index in [0.29, 0.717) is 6.10 Å². The highest BCUT2D eigenvalue weighted by Gasteiger charge is 2.28. The van der Waals surface area contributed by atoms with Crippen LogP contribution in [0.2, 0.25) is 0 Å². The molecule has 0 spiro atoms. The average molecular weight is 201 g/mol. The van der Waals surface area contributed by atoms with Crippen molar-refractivity contribution in [3.8, 4) is 0 Å². The Balaban J connectivity index is 1.72. The first-order chi connectivity index (χ1) is 6.25. The number of hydrogen-bond donors (Lipinski definition) is 0. The minimum absolute atomic E-state index is 0.550. The van der Waals surface area contributed by atoms with Crippen LogP contribution in [0.5, 0.6) is 0 Å². The maximum absolute atomic E-state index is 5.24. The van der Waals surface area contributed by atoms with Crippen molar-refractivity contribution in [2.45, 2.75) is 37.2 Å². The van der Waals surface area contributed by atoms with Gasteiger partial charge in [-0.15, -0.1) is 0 Å². The van der Waals surface area contributed by atoms with E-state index in [1.54, 1.807) is 0 Å². The summed E-state index contributed by atoms with van der Waals surface area (Å²) >= 11 is 2.12. The first-order valence-electron chi connectivity index (χ1n) is 5.19. The molecule has 2 aliphatic heterocycles. The van der Waals surface area contributed by atoms with Crippen LogP contribution in [-0.2, 0) is 4.74 Å². The largest absolute Gasteiger partial charge is 0.372 e. The Bertz CT molecular complexity index is 164. The molecule has 2 saturated heterocycles. The van der Waals surface area contributed by atoms with Gasteiger partial charge in [-0.2, -0.15) is 11.8 Å². The average Bonchev–Trinajstić information content (AvgIpc) is 2.89. The zero-order chi connectivity index (χ0) is 9.26. The van der Waals surface area contributed by atoms with Crippen molar-refractivity contribution in [1.82, 2.24) is 4.90 Å². The van der Waals surface area contributed by atoms with E-state index >= 15 is 0 Å². The molecule has 0 saturated carbocycles. The van der Waals surface area contributed by atoms with E-state index in [1.807, 2.05) is 0 Å². The molecule has 0 aromatic carbocycles. The molecule has 3 heteroatoms. The number of thioether (sulfide) groups is 1. The van der Waals surface area contributed by atoms with Gasteiger partial charge >= 0.3 is 0 Å². The maximum Gasteiger partial charge on any atom is 0.0936 e. The van der Waals surface area contributed by atoms with Gasteiger partial charge in [0.2, 0.25) is 0 Å². The summed E-state index contributed by atoms with van der Waals surface area (Å²) in [7, 11) is 2.24. The van der Waals surface area contributed by atoms with Gasteiger partial charge in [-0.3, -0.25) is 4.90 Å². The van der Waals surface area contributed by atoms with Gasteiger partial charge in [-0.25, -0.2) is 0 Å². The normalized spacial score (nSPS) is 39.5. The summed E-state index contributed by atoms with van der Waals surface area (Å²) in [4.78, 5) is 2.48. The topological polar surface area (TPSA) is 15.8 Å². The lowest BCUT2D eigenvalue weighted by Crippen LogP contribution is -2.39. The molecule has 76 valence electrons. The molecule has 0 radical (unpaired) electrons. The van der Waals surface area contributed by atoms with Gasteiger partial charge in [0.25, 0.3) is 0 Å². The fraction of sp³-hybridized carbons (Fsp3) is 1.00. The van der Waals surface area contributed by atoms with E-state index in [2.05, 4.69) is 30.6 Å². The van der Waals surface area contributed by atoms with Gasteiger partial charge in [0.15, 0.2) is 0 Å². The summed E-state index contributed by atoms with van der Waals surface area (Å²) in [6.45, 7) is 4.46. The van der Waals surface area contributed by atoms with Gasteiger partial charge in [-0.05, 0) is 19.9 Å². The third-order valence-electron chi connectivity index (χ3n) is 3.00. The quantitative estimate of drug-likeness (QED) is 0.645. The Morgan fingerprint density at radius 3 is 2.77 bits per heavy atom. The van der Waals surface area contributed by atoms with E-state index in [0.717, 1.165) is 24.4 Å². The van der Waals surface area contributed by atoms with Gasteiger partial charge in [-0.1, -0.05) is 6.92 Å². The second-order valence-electron chi connectivity index (χ2n) is 4.27. The van der Waals surface area contributed by atoms with Crippen molar-refractivity contribution in [3.05, 3.63) is 0 Å². The van der Waals surface area contributed by atoms with Gasteiger partial charge < -0.3 is 4.74 Å². The zero-order valence-corrected chi connectivity index (χ0v) is 9.35. The summed E-state index contributed by atoms with van der Waals surface area (Å²) in [5.74, 6) is 1.31. The number of epoxide rings is 1. The van der Waals surface area contributed by atoms with Crippen molar-refractivity contribution < 1.29 is 4.74 Å². The van der Waals surface area contributed by atoms with Gasteiger partial charge in [0, 0.05) is 23.6 Å². The second kappa shape index (κ2) is 4.20. The maximum atomic E-state index is 5.24. The molecule has 2 unspecified atom stereocenters. The standard InChI is InChI=1S/C10H19NOS/c1-8-3-4-9(7-13-8)11(2)5-10-6-12-10/h8-10H,3-7H2,1-2H3/t8?,9?,10-/m1/s1. The molecule has 0 aliphatic carbocycles. The monoisotopic (exact) mass is 201 g/mol. The van der Waals surface area contributed by atoms with Crippen LogP contribution in [0.15, 0.2) is 0 Å². The first kappa shape index (κ1) is 9.81. The lowest BCUT2D eigenvalue weighted by atomic mass is 10.1. The van der Waals surface area contributed by atoms with E-state index in [4.69, 9.17) is 4.74 Å². The molecule has 0 aromatic heterocycles. The van der Waals surface area contributed by atoms with E-state index in [-0.39, 0.29) is 0 Å². The predicted octanol–water partition coefficient (Wildman–Crippen LogP) is 1.60. The fourth-order valence-corrected chi connectivity index (χ4v) is 3.14. The molecular weight excluding hydrogens is 182 g/mol. The molecule has 2 nitrogen and oxygen atoms in total. The number of hydrogen-bond acceptors (Lipinski definition) is 3. The molecule has 0 bridgehead atoms. The van der Waals surface area contributed by atoms with Crippen LogP contribution in [0.3, 0.4) is 0 Å². The minimum Gasteiger partial charge on any atom is -0.372 e. The third kappa shape index (κ3) is 2.86. The number of nitrogens with zero attached hydrogens (tertiary/aromatic N) is 1. The van der Waals surface area contributed by atoms with Crippen LogP contribution in [0.4, 0.5) is 0 Å². The van der Waals surface area contributed by atoms with Crippen LogP contribution in [-0.4, -0.2) is 48.2 Å². The van der Waals surface area contributed by atoms with Crippen LogP contribution in [0.1, 0.15) is 19.8 Å². The molecule has 2 rings (SSSR count). The van der Waals surface area contributed by atoms with E-state index < -0.39 is 0 Å². The second-order valence-corrected chi connectivity index (χ2v) is 5.74. The van der Waals surface area contributed by atoms with Crippen molar-refractivity contribution in [2.75, 3.05) is 26.0 Å². The Hall–Kier alpha value is 0.270. The highest BCUT2D eigenvalue weighted by molar-refractivity contribution is 7.99. The summed E-state index contributed by atoms with van der Waals surface area (Å²) in [5.41, 5.74) is 0. The number of rotatable bonds is 3. The van der Waals surface area contributed by atoms with E-state index in [9.17, 15) is 0 Å².